The number of nitrogens with zero attached hydrogens (tertiary/aromatic N) is 1. The Morgan fingerprint density at radius 1 is 0.674 bits per heavy atom. The number of anilines is 3. The van der Waals surface area contributed by atoms with Gasteiger partial charge in [-0.05, 0) is 111 Å². The third-order valence-corrected chi connectivity index (χ3v) is 12.6. The Balaban J connectivity index is 1.54. The van der Waals surface area contributed by atoms with Crippen LogP contribution in [0, 0.1) is 0 Å². The summed E-state index contributed by atoms with van der Waals surface area (Å²) in [6, 6.07) is 20.8. The highest BCUT2D eigenvalue weighted by atomic mass is 35.5. The molecule has 0 spiro atoms. The minimum absolute atomic E-state index is 0.101. The number of halogens is 1. The maximum absolute atomic E-state index is 7.02. The molecule has 3 aliphatic rings. The van der Waals surface area contributed by atoms with E-state index >= 15 is 0 Å². The summed E-state index contributed by atoms with van der Waals surface area (Å²) in [7, 11) is 0. The maximum Gasteiger partial charge on any atom is 0.0654 e. The van der Waals surface area contributed by atoms with E-state index in [-0.39, 0.29) is 21.7 Å². The van der Waals surface area contributed by atoms with Crippen molar-refractivity contribution in [1.29, 1.82) is 0 Å². The van der Waals surface area contributed by atoms with E-state index in [4.69, 9.17) is 11.6 Å². The van der Waals surface area contributed by atoms with Crippen molar-refractivity contribution >= 4 is 60.9 Å². The van der Waals surface area contributed by atoms with Gasteiger partial charge in [-0.15, -0.1) is 11.3 Å². The first kappa shape index (κ1) is 27.7. The van der Waals surface area contributed by atoms with Gasteiger partial charge in [-0.25, -0.2) is 0 Å². The molecule has 1 nitrogen and oxygen atoms in total. The summed E-state index contributed by atoms with van der Waals surface area (Å²) in [6.07, 6.45) is 4.83. The van der Waals surface area contributed by atoms with E-state index < -0.39 is 0 Å². The lowest BCUT2D eigenvalue weighted by Gasteiger charge is -2.46. The predicted molar refractivity (Wildman–Crippen MR) is 189 cm³/mol. The molecular formula is C40H42ClNS. The topological polar surface area (TPSA) is 3.24 Å². The van der Waals surface area contributed by atoms with E-state index in [1.807, 2.05) is 11.3 Å². The zero-order valence-electron chi connectivity index (χ0n) is 26.8. The fourth-order valence-corrected chi connectivity index (χ4v) is 9.77. The lowest BCUT2D eigenvalue weighted by atomic mass is 9.59. The SMILES string of the molecule is CC1(C)CCC(C)(C)c2cc3c(cc21)-c1c2c(cc4scc(c14)N3c1cc(Cl)c3ccccc3c1)C(C)(C)CCC2(C)C. The molecule has 0 saturated heterocycles. The molecule has 2 aliphatic carbocycles. The molecular weight excluding hydrogens is 562 g/mol. The van der Waals surface area contributed by atoms with Crippen LogP contribution in [0.2, 0.25) is 5.02 Å². The van der Waals surface area contributed by atoms with Crippen molar-refractivity contribution < 1.29 is 0 Å². The second-order valence-electron chi connectivity index (χ2n) is 16.1. The van der Waals surface area contributed by atoms with E-state index in [2.05, 4.69) is 120 Å². The Kier molecular flexibility index (Phi) is 5.59. The third-order valence-electron chi connectivity index (χ3n) is 11.4. The lowest BCUT2D eigenvalue weighted by molar-refractivity contribution is 0.331. The summed E-state index contributed by atoms with van der Waals surface area (Å²) >= 11 is 8.92. The van der Waals surface area contributed by atoms with Crippen molar-refractivity contribution in [3.05, 3.63) is 87.3 Å². The van der Waals surface area contributed by atoms with Crippen molar-refractivity contribution in [3.8, 4) is 11.1 Å². The van der Waals surface area contributed by atoms with Gasteiger partial charge in [-0.3, -0.25) is 0 Å². The number of fused-ring (bicyclic) bond motifs is 6. The molecule has 1 aromatic heterocycles. The summed E-state index contributed by atoms with van der Waals surface area (Å²) < 4.78 is 1.40. The lowest BCUT2D eigenvalue weighted by Crippen LogP contribution is -2.36. The van der Waals surface area contributed by atoms with Gasteiger partial charge in [0, 0.05) is 32.1 Å². The molecule has 3 heteroatoms. The van der Waals surface area contributed by atoms with Crippen LogP contribution in [0.5, 0.6) is 0 Å². The van der Waals surface area contributed by atoms with E-state index in [0.29, 0.717) is 0 Å². The molecule has 8 rings (SSSR count). The molecule has 0 N–H and O–H groups in total. The highest BCUT2D eigenvalue weighted by molar-refractivity contribution is 7.18. The van der Waals surface area contributed by atoms with Crippen LogP contribution >= 0.6 is 22.9 Å². The van der Waals surface area contributed by atoms with E-state index in [9.17, 15) is 0 Å². The highest BCUT2D eigenvalue weighted by Crippen LogP contribution is 2.61. The Morgan fingerprint density at radius 3 is 2.02 bits per heavy atom. The Morgan fingerprint density at radius 2 is 1.30 bits per heavy atom. The third kappa shape index (κ3) is 3.82. The van der Waals surface area contributed by atoms with Gasteiger partial charge in [0.05, 0.1) is 16.4 Å². The van der Waals surface area contributed by atoms with Crippen LogP contribution < -0.4 is 4.90 Å². The Labute approximate surface area is 265 Å². The van der Waals surface area contributed by atoms with Gasteiger partial charge in [0.1, 0.15) is 0 Å². The monoisotopic (exact) mass is 603 g/mol. The van der Waals surface area contributed by atoms with Gasteiger partial charge < -0.3 is 4.90 Å². The van der Waals surface area contributed by atoms with Crippen LogP contribution in [0.15, 0.2) is 60.0 Å². The molecule has 0 fully saturated rings. The average Bonchev–Trinajstić information content (AvgIpc) is 3.37. The summed E-state index contributed by atoms with van der Waals surface area (Å²) in [6.45, 7) is 19.7. The fraction of sp³-hybridized carbons (Fsp3) is 0.400. The highest BCUT2D eigenvalue weighted by Gasteiger charge is 2.44. The Hall–Kier alpha value is -2.81. The maximum atomic E-state index is 7.02. The molecule has 43 heavy (non-hydrogen) atoms. The number of hydrogen-bond donors (Lipinski definition) is 0. The van der Waals surface area contributed by atoms with Gasteiger partial charge in [-0.1, -0.05) is 91.3 Å². The van der Waals surface area contributed by atoms with Crippen molar-refractivity contribution in [2.24, 2.45) is 0 Å². The van der Waals surface area contributed by atoms with E-state index in [1.165, 1.54) is 74.8 Å². The normalized spacial score (nSPS) is 20.5. The minimum atomic E-state index is 0.101. The molecule has 220 valence electrons. The minimum Gasteiger partial charge on any atom is -0.308 e. The van der Waals surface area contributed by atoms with Crippen molar-refractivity contribution in [2.45, 2.75) is 103 Å². The van der Waals surface area contributed by atoms with Crippen LogP contribution in [0.25, 0.3) is 32.0 Å². The Bertz CT molecular complexity index is 2000. The second kappa shape index (κ2) is 8.67. The first-order valence-electron chi connectivity index (χ1n) is 16.0. The molecule has 0 amide bonds. The van der Waals surface area contributed by atoms with Gasteiger partial charge in [-0.2, -0.15) is 0 Å². The van der Waals surface area contributed by atoms with Gasteiger partial charge in [0.25, 0.3) is 0 Å². The van der Waals surface area contributed by atoms with Crippen LogP contribution in [-0.2, 0) is 21.7 Å². The molecule has 2 heterocycles. The molecule has 0 unspecified atom stereocenters. The quantitative estimate of drug-likeness (QED) is 0.181. The average molecular weight is 604 g/mol. The van der Waals surface area contributed by atoms with Crippen LogP contribution in [0.4, 0.5) is 17.1 Å². The van der Waals surface area contributed by atoms with E-state index in [0.717, 1.165) is 16.1 Å². The van der Waals surface area contributed by atoms with Crippen molar-refractivity contribution in [2.75, 3.05) is 4.90 Å². The van der Waals surface area contributed by atoms with Crippen molar-refractivity contribution in [3.63, 3.8) is 0 Å². The van der Waals surface area contributed by atoms with Gasteiger partial charge in [0.2, 0.25) is 0 Å². The molecule has 5 aromatic rings. The van der Waals surface area contributed by atoms with Crippen LogP contribution in [-0.4, -0.2) is 0 Å². The first-order chi connectivity index (χ1) is 20.2. The second-order valence-corrected chi connectivity index (χ2v) is 17.4. The molecule has 0 saturated carbocycles. The zero-order chi connectivity index (χ0) is 30.3. The predicted octanol–water partition coefficient (Wildman–Crippen LogP) is 12.9. The summed E-state index contributed by atoms with van der Waals surface area (Å²) in [5.41, 5.74) is 13.3. The first-order valence-corrected chi connectivity index (χ1v) is 17.2. The molecule has 0 bridgehead atoms. The van der Waals surface area contributed by atoms with Gasteiger partial charge in [0.15, 0.2) is 0 Å². The van der Waals surface area contributed by atoms with Gasteiger partial charge >= 0.3 is 0 Å². The smallest absolute Gasteiger partial charge is 0.0654 e. The largest absolute Gasteiger partial charge is 0.308 e. The standard InChI is InChI=1S/C40H42ClNS/c1-37(2)13-14-38(3,4)28-20-31-26(19-27(28)37)34-35-32(42(31)24-17-23-11-9-10-12-25(23)30(41)18-24)22-43-33(35)21-29-36(34)40(7,8)16-15-39(29,5)6/h9-12,17-22H,13-16H2,1-8H3. The number of thiophene rings is 1. The summed E-state index contributed by atoms with van der Waals surface area (Å²) in [5, 5.41) is 6.91. The number of benzene rings is 4. The summed E-state index contributed by atoms with van der Waals surface area (Å²) in [5.74, 6) is 0. The number of rotatable bonds is 1. The van der Waals surface area contributed by atoms with E-state index in [1.54, 1.807) is 11.1 Å². The molecule has 4 aromatic carbocycles. The molecule has 0 atom stereocenters. The molecule has 0 radical (unpaired) electrons. The van der Waals surface area contributed by atoms with Crippen LogP contribution in [0.3, 0.4) is 0 Å². The fourth-order valence-electron chi connectivity index (χ4n) is 8.51. The number of hydrogen-bond acceptors (Lipinski definition) is 2. The molecule has 1 aliphatic heterocycles. The zero-order valence-corrected chi connectivity index (χ0v) is 28.4. The van der Waals surface area contributed by atoms with Crippen LogP contribution in [0.1, 0.15) is 103 Å². The van der Waals surface area contributed by atoms with Crippen molar-refractivity contribution in [1.82, 2.24) is 0 Å². The summed E-state index contributed by atoms with van der Waals surface area (Å²) in [4.78, 5) is 2.53.